The Morgan fingerprint density at radius 1 is 1.58 bits per heavy atom. The third-order valence-corrected chi connectivity index (χ3v) is 2.32. The van der Waals surface area contributed by atoms with Gasteiger partial charge in [0.05, 0.1) is 6.07 Å². The molecule has 0 bridgehead atoms. The first-order chi connectivity index (χ1) is 5.52. The van der Waals surface area contributed by atoms with E-state index >= 15 is 0 Å². The van der Waals surface area contributed by atoms with E-state index in [2.05, 4.69) is 6.92 Å². The number of unbranched alkanes of at least 4 members (excludes halogenated alkanes) is 1. The number of hydrogen-bond donors (Lipinski definition) is 0. The molecule has 0 aromatic heterocycles. The van der Waals surface area contributed by atoms with Gasteiger partial charge in [0, 0.05) is 5.38 Å². The Morgan fingerprint density at radius 3 is 2.58 bits per heavy atom. The van der Waals surface area contributed by atoms with Crippen molar-refractivity contribution in [2.75, 3.05) is 0 Å². The summed E-state index contributed by atoms with van der Waals surface area (Å²) in [7, 11) is 0. The molecule has 2 atom stereocenters. The minimum absolute atomic E-state index is 0.0344. The zero-order chi connectivity index (χ0) is 9.61. The van der Waals surface area contributed by atoms with E-state index in [1.54, 1.807) is 6.92 Å². The lowest BCUT2D eigenvalue weighted by atomic mass is 10.0. The molecule has 0 spiro atoms. The fourth-order valence-corrected chi connectivity index (χ4v) is 1.72. The van der Waals surface area contributed by atoms with E-state index in [1.165, 1.54) is 0 Å². The molecule has 3 heteroatoms. The van der Waals surface area contributed by atoms with Crippen LogP contribution in [-0.2, 0) is 0 Å². The van der Waals surface area contributed by atoms with Gasteiger partial charge in [-0.2, -0.15) is 5.26 Å². The summed E-state index contributed by atoms with van der Waals surface area (Å²) in [6.45, 7) is 3.82. The lowest BCUT2D eigenvalue weighted by Gasteiger charge is -2.16. The number of nitrogens with zero attached hydrogens (tertiary/aromatic N) is 1. The summed E-state index contributed by atoms with van der Waals surface area (Å²) >= 11 is 11.8. The van der Waals surface area contributed by atoms with E-state index in [0.29, 0.717) is 6.42 Å². The highest BCUT2D eigenvalue weighted by Gasteiger charge is 2.23. The molecule has 70 valence electrons. The van der Waals surface area contributed by atoms with Crippen LogP contribution in [-0.4, -0.2) is 10.3 Å². The zero-order valence-electron chi connectivity index (χ0n) is 7.61. The number of nitriles is 1. The van der Waals surface area contributed by atoms with E-state index in [9.17, 15) is 0 Å². The molecule has 0 saturated carbocycles. The van der Waals surface area contributed by atoms with Crippen molar-refractivity contribution in [1.29, 1.82) is 5.26 Å². The van der Waals surface area contributed by atoms with Crippen LogP contribution in [0.2, 0.25) is 0 Å². The maximum absolute atomic E-state index is 8.63. The SMILES string of the molecule is CCCCC(Cl)CC(C)(Cl)C#N. The van der Waals surface area contributed by atoms with E-state index in [4.69, 9.17) is 28.5 Å². The Morgan fingerprint density at radius 2 is 2.17 bits per heavy atom. The molecular weight excluding hydrogens is 193 g/mol. The van der Waals surface area contributed by atoms with Crippen LogP contribution in [0.1, 0.15) is 39.5 Å². The molecule has 0 aliphatic carbocycles. The van der Waals surface area contributed by atoms with E-state index in [1.807, 2.05) is 6.07 Å². The smallest absolute Gasteiger partial charge is 0.129 e. The van der Waals surface area contributed by atoms with Crippen molar-refractivity contribution in [2.45, 2.75) is 49.8 Å². The van der Waals surface area contributed by atoms with Crippen LogP contribution in [0.5, 0.6) is 0 Å². The monoisotopic (exact) mass is 207 g/mol. The minimum Gasteiger partial charge on any atom is -0.196 e. The quantitative estimate of drug-likeness (QED) is 0.632. The molecule has 12 heavy (non-hydrogen) atoms. The maximum Gasteiger partial charge on any atom is 0.129 e. The first-order valence-corrected chi connectivity index (χ1v) is 5.07. The Hall–Kier alpha value is 0.0700. The zero-order valence-corrected chi connectivity index (χ0v) is 9.12. The normalized spacial score (nSPS) is 17.9. The van der Waals surface area contributed by atoms with E-state index < -0.39 is 4.87 Å². The van der Waals surface area contributed by atoms with Crippen LogP contribution in [0, 0.1) is 11.3 Å². The van der Waals surface area contributed by atoms with Gasteiger partial charge in [-0.1, -0.05) is 19.8 Å². The molecule has 0 saturated heterocycles. The van der Waals surface area contributed by atoms with Crippen molar-refractivity contribution in [3.63, 3.8) is 0 Å². The average molecular weight is 208 g/mol. The van der Waals surface area contributed by atoms with Crippen molar-refractivity contribution in [3.8, 4) is 6.07 Å². The number of halogens is 2. The predicted molar refractivity (Wildman–Crippen MR) is 53.7 cm³/mol. The Balaban J connectivity index is 3.69. The second kappa shape index (κ2) is 5.67. The van der Waals surface area contributed by atoms with Gasteiger partial charge in [0.15, 0.2) is 0 Å². The summed E-state index contributed by atoms with van der Waals surface area (Å²) in [5, 5.41) is 8.66. The van der Waals surface area contributed by atoms with Crippen molar-refractivity contribution >= 4 is 23.2 Å². The molecule has 0 aromatic carbocycles. The van der Waals surface area contributed by atoms with Crippen LogP contribution in [0.15, 0.2) is 0 Å². The van der Waals surface area contributed by atoms with Crippen LogP contribution in [0.3, 0.4) is 0 Å². The third kappa shape index (κ3) is 5.69. The van der Waals surface area contributed by atoms with Gasteiger partial charge in [-0.15, -0.1) is 23.2 Å². The minimum atomic E-state index is -0.792. The number of hydrogen-bond acceptors (Lipinski definition) is 1. The molecule has 0 radical (unpaired) electrons. The largest absolute Gasteiger partial charge is 0.196 e. The number of rotatable bonds is 5. The van der Waals surface area contributed by atoms with Crippen LogP contribution in [0.25, 0.3) is 0 Å². The first-order valence-electron chi connectivity index (χ1n) is 4.26. The Labute approximate surface area is 84.7 Å². The molecule has 0 rings (SSSR count). The van der Waals surface area contributed by atoms with Gasteiger partial charge < -0.3 is 0 Å². The molecule has 1 nitrogen and oxygen atoms in total. The first kappa shape index (κ1) is 12.1. The summed E-state index contributed by atoms with van der Waals surface area (Å²) < 4.78 is 0. The van der Waals surface area contributed by atoms with Crippen LogP contribution < -0.4 is 0 Å². The number of alkyl halides is 2. The highest BCUT2D eigenvalue weighted by atomic mass is 35.5. The fraction of sp³-hybridized carbons (Fsp3) is 0.889. The molecule has 0 N–H and O–H groups in total. The van der Waals surface area contributed by atoms with Gasteiger partial charge in [-0.25, -0.2) is 0 Å². The summed E-state index contributed by atoms with van der Waals surface area (Å²) in [4.78, 5) is -0.792. The van der Waals surface area contributed by atoms with Crippen LogP contribution in [0.4, 0.5) is 0 Å². The molecule has 0 aliphatic rings. The summed E-state index contributed by atoms with van der Waals surface area (Å²) in [6, 6.07) is 2.03. The van der Waals surface area contributed by atoms with Gasteiger partial charge in [0.2, 0.25) is 0 Å². The van der Waals surface area contributed by atoms with Crippen molar-refractivity contribution in [2.24, 2.45) is 0 Å². The highest BCUT2D eigenvalue weighted by molar-refractivity contribution is 6.27. The Bertz CT molecular complexity index is 160. The summed E-state index contributed by atoms with van der Waals surface area (Å²) in [6.07, 6.45) is 3.75. The van der Waals surface area contributed by atoms with Crippen molar-refractivity contribution in [1.82, 2.24) is 0 Å². The van der Waals surface area contributed by atoms with Crippen molar-refractivity contribution < 1.29 is 0 Å². The molecular formula is C9H15Cl2N. The van der Waals surface area contributed by atoms with E-state index in [-0.39, 0.29) is 5.38 Å². The van der Waals surface area contributed by atoms with Gasteiger partial charge in [0.1, 0.15) is 4.87 Å². The molecule has 0 heterocycles. The van der Waals surface area contributed by atoms with Crippen molar-refractivity contribution in [3.05, 3.63) is 0 Å². The molecule has 0 aliphatic heterocycles. The molecule has 2 unspecified atom stereocenters. The topological polar surface area (TPSA) is 23.8 Å². The van der Waals surface area contributed by atoms with Gasteiger partial charge >= 0.3 is 0 Å². The van der Waals surface area contributed by atoms with E-state index in [0.717, 1.165) is 19.3 Å². The highest BCUT2D eigenvalue weighted by Crippen LogP contribution is 2.25. The standard InChI is InChI=1S/C9H15Cl2N/c1-3-4-5-8(10)6-9(2,11)7-12/h8H,3-6H2,1-2H3. The summed E-state index contributed by atoms with van der Waals surface area (Å²) in [5.74, 6) is 0. The molecule has 0 fully saturated rings. The summed E-state index contributed by atoms with van der Waals surface area (Å²) in [5.41, 5.74) is 0. The van der Waals surface area contributed by atoms with Crippen LogP contribution >= 0.6 is 23.2 Å². The second-order valence-corrected chi connectivity index (χ2v) is 4.70. The second-order valence-electron chi connectivity index (χ2n) is 3.25. The maximum atomic E-state index is 8.63. The Kier molecular flexibility index (Phi) is 5.70. The molecule has 0 amide bonds. The fourth-order valence-electron chi connectivity index (χ4n) is 0.989. The molecule has 0 aromatic rings. The lowest BCUT2D eigenvalue weighted by Crippen LogP contribution is -2.19. The lowest BCUT2D eigenvalue weighted by molar-refractivity contribution is 0.595. The average Bonchev–Trinajstić information content (AvgIpc) is 2.00. The van der Waals surface area contributed by atoms with Gasteiger partial charge in [0.25, 0.3) is 0 Å². The van der Waals surface area contributed by atoms with Gasteiger partial charge in [-0.05, 0) is 19.8 Å². The van der Waals surface area contributed by atoms with Gasteiger partial charge in [-0.3, -0.25) is 0 Å². The predicted octanol–water partition coefficient (Wildman–Crippen LogP) is 3.70. The third-order valence-electron chi connectivity index (χ3n) is 1.71.